The van der Waals surface area contributed by atoms with E-state index in [2.05, 4.69) is 9.97 Å². The molecule has 0 spiro atoms. The fourth-order valence-electron chi connectivity index (χ4n) is 1.06. The minimum absolute atomic E-state index is 0.119. The second kappa shape index (κ2) is 3.08. The lowest BCUT2D eigenvalue weighted by Gasteiger charge is -2.04. The number of nitrogens with zero attached hydrogens (tertiary/aromatic N) is 1. The second-order valence-corrected chi connectivity index (χ2v) is 3.29. The van der Waals surface area contributed by atoms with E-state index >= 15 is 0 Å². The van der Waals surface area contributed by atoms with E-state index in [9.17, 15) is 0 Å². The van der Waals surface area contributed by atoms with Crippen molar-refractivity contribution < 1.29 is 0 Å². The van der Waals surface area contributed by atoms with Gasteiger partial charge in [0.1, 0.15) is 5.82 Å². The average Bonchev–Trinajstić information content (AvgIpc) is 2.77. The summed E-state index contributed by atoms with van der Waals surface area (Å²) in [6.45, 7) is 0. The maximum Gasteiger partial charge on any atom is 0.127 e. The van der Waals surface area contributed by atoms with Gasteiger partial charge in [0.25, 0.3) is 0 Å². The molecule has 0 aromatic carbocycles. The molecule has 3 nitrogen and oxygen atoms in total. The van der Waals surface area contributed by atoms with Crippen molar-refractivity contribution in [1.82, 2.24) is 9.97 Å². The molecule has 0 radical (unpaired) electrons. The Morgan fingerprint density at radius 2 is 2.50 bits per heavy atom. The molecule has 62 valence electrons. The molecule has 2 aromatic heterocycles. The highest BCUT2D eigenvalue weighted by molar-refractivity contribution is 7.07. The van der Waals surface area contributed by atoms with Crippen LogP contribution in [0.15, 0.2) is 29.2 Å². The number of nitrogens with two attached hydrogens (primary N) is 1. The summed E-state index contributed by atoms with van der Waals surface area (Å²) in [7, 11) is 0. The standard InChI is InChI=1S/C8H9N3S/c9-7(6-1-4-12-5-6)8-10-2-3-11-8/h1-5,7H,9H2,(H,10,11). The minimum atomic E-state index is -0.119. The van der Waals surface area contributed by atoms with Crippen LogP contribution in [-0.4, -0.2) is 9.97 Å². The third-order valence-electron chi connectivity index (χ3n) is 1.72. The smallest absolute Gasteiger partial charge is 0.127 e. The van der Waals surface area contributed by atoms with Gasteiger partial charge in [-0.1, -0.05) is 0 Å². The summed E-state index contributed by atoms with van der Waals surface area (Å²) >= 11 is 1.64. The Balaban J connectivity index is 2.27. The van der Waals surface area contributed by atoms with Crippen molar-refractivity contribution in [1.29, 1.82) is 0 Å². The van der Waals surface area contributed by atoms with Gasteiger partial charge in [-0.3, -0.25) is 0 Å². The number of hydrogen-bond donors (Lipinski definition) is 2. The SMILES string of the molecule is NC(c1ccsc1)c1ncc[nH]1. The monoisotopic (exact) mass is 179 g/mol. The summed E-state index contributed by atoms with van der Waals surface area (Å²) in [4.78, 5) is 7.09. The fraction of sp³-hybridized carbons (Fsp3) is 0.125. The zero-order valence-corrected chi connectivity index (χ0v) is 7.21. The van der Waals surface area contributed by atoms with Crippen LogP contribution in [0.4, 0.5) is 0 Å². The molecule has 0 fully saturated rings. The van der Waals surface area contributed by atoms with Gasteiger partial charge in [-0.2, -0.15) is 11.3 Å². The molecule has 0 aliphatic heterocycles. The zero-order chi connectivity index (χ0) is 8.39. The van der Waals surface area contributed by atoms with Crippen LogP contribution in [-0.2, 0) is 0 Å². The van der Waals surface area contributed by atoms with Crippen LogP contribution >= 0.6 is 11.3 Å². The lowest BCUT2D eigenvalue weighted by molar-refractivity contribution is 0.804. The molecule has 0 bridgehead atoms. The molecule has 0 saturated heterocycles. The Labute approximate surface area is 74.3 Å². The highest BCUT2D eigenvalue weighted by Crippen LogP contribution is 2.18. The Morgan fingerprint density at radius 3 is 3.08 bits per heavy atom. The lowest BCUT2D eigenvalue weighted by atomic mass is 10.1. The highest BCUT2D eigenvalue weighted by atomic mass is 32.1. The molecule has 12 heavy (non-hydrogen) atoms. The van der Waals surface area contributed by atoms with Crippen LogP contribution in [0.1, 0.15) is 17.4 Å². The van der Waals surface area contributed by atoms with Crippen molar-refractivity contribution in [2.75, 3.05) is 0 Å². The Morgan fingerprint density at radius 1 is 1.58 bits per heavy atom. The maximum absolute atomic E-state index is 5.92. The van der Waals surface area contributed by atoms with Gasteiger partial charge in [-0.25, -0.2) is 4.98 Å². The maximum atomic E-state index is 5.92. The fourth-order valence-corrected chi connectivity index (χ4v) is 1.75. The van der Waals surface area contributed by atoms with E-state index in [-0.39, 0.29) is 6.04 Å². The van der Waals surface area contributed by atoms with Crippen molar-refractivity contribution in [2.45, 2.75) is 6.04 Å². The first-order valence-electron chi connectivity index (χ1n) is 3.65. The number of aromatic amines is 1. The van der Waals surface area contributed by atoms with Gasteiger partial charge in [-0.15, -0.1) is 0 Å². The number of nitrogens with one attached hydrogen (secondary N) is 1. The summed E-state index contributed by atoms with van der Waals surface area (Å²) in [6, 6.07) is 1.89. The number of hydrogen-bond acceptors (Lipinski definition) is 3. The third-order valence-corrected chi connectivity index (χ3v) is 2.42. The molecule has 0 saturated carbocycles. The zero-order valence-electron chi connectivity index (χ0n) is 6.40. The van der Waals surface area contributed by atoms with E-state index in [1.165, 1.54) is 0 Å². The molecule has 1 atom stereocenters. The van der Waals surface area contributed by atoms with Crippen molar-refractivity contribution in [3.05, 3.63) is 40.6 Å². The first kappa shape index (κ1) is 7.52. The predicted octanol–water partition coefficient (Wildman–Crippen LogP) is 1.52. The van der Waals surface area contributed by atoms with E-state index in [0.29, 0.717) is 0 Å². The Bertz CT molecular complexity index is 291. The van der Waals surface area contributed by atoms with Crippen LogP contribution in [0.25, 0.3) is 0 Å². The Kier molecular flexibility index (Phi) is 1.93. The summed E-state index contributed by atoms with van der Waals surface area (Å²) in [6.07, 6.45) is 3.49. The molecule has 3 N–H and O–H groups in total. The first-order valence-corrected chi connectivity index (χ1v) is 4.59. The number of H-pyrrole nitrogens is 1. The van der Waals surface area contributed by atoms with Gasteiger partial charge in [0.05, 0.1) is 6.04 Å². The molecular formula is C8H9N3S. The van der Waals surface area contributed by atoms with Gasteiger partial charge in [-0.05, 0) is 22.4 Å². The van der Waals surface area contributed by atoms with Gasteiger partial charge < -0.3 is 10.7 Å². The topological polar surface area (TPSA) is 54.7 Å². The molecule has 0 aliphatic rings. The molecule has 1 unspecified atom stereocenters. The number of rotatable bonds is 2. The quantitative estimate of drug-likeness (QED) is 0.734. The largest absolute Gasteiger partial charge is 0.347 e. The molecule has 4 heteroatoms. The van der Waals surface area contributed by atoms with Gasteiger partial charge >= 0.3 is 0 Å². The van der Waals surface area contributed by atoms with Crippen molar-refractivity contribution >= 4 is 11.3 Å². The summed E-state index contributed by atoms with van der Waals surface area (Å²) < 4.78 is 0. The van der Waals surface area contributed by atoms with E-state index in [0.717, 1.165) is 11.4 Å². The van der Waals surface area contributed by atoms with Crippen molar-refractivity contribution in [3.8, 4) is 0 Å². The molecular weight excluding hydrogens is 170 g/mol. The first-order chi connectivity index (χ1) is 5.88. The predicted molar refractivity (Wildman–Crippen MR) is 48.9 cm³/mol. The number of imidazole rings is 1. The molecule has 0 amide bonds. The van der Waals surface area contributed by atoms with Crippen LogP contribution in [0.2, 0.25) is 0 Å². The van der Waals surface area contributed by atoms with E-state index < -0.39 is 0 Å². The lowest BCUT2D eigenvalue weighted by Crippen LogP contribution is -2.12. The normalized spacial score (nSPS) is 13.1. The van der Waals surface area contributed by atoms with E-state index in [1.807, 2.05) is 16.8 Å². The second-order valence-electron chi connectivity index (χ2n) is 2.51. The van der Waals surface area contributed by atoms with Crippen LogP contribution in [0.5, 0.6) is 0 Å². The van der Waals surface area contributed by atoms with E-state index in [1.54, 1.807) is 23.7 Å². The molecule has 2 rings (SSSR count). The molecule has 2 heterocycles. The average molecular weight is 179 g/mol. The van der Waals surface area contributed by atoms with Gasteiger partial charge in [0.15, 0.2) is 0 Å². The number of thiophene rings is 1. The minimum Gasteiger partial charge on any atom is -0.347 e. The van der Waals surface area contributed by atoms with Crippen LogP contribution in [0, 0.1) is 0 Å². The summed E-state index contributed by atoms with van der Waals surface area (Å²) in [5.41, 5.74) is 7.02. The number of aromatic nitrogens is 2. The van der Waals surface area contributed by atoms with Gasteiger partial charge in [0.2, 0.25) is 0 Å². The van der Waals surface area contributed by atoms with Crippen LogP contribution < -0.4 is 5.73 Å². The molecule has 2 aromatic rings. The molecule has 0 aliphatic carbocycles. The van der Waals surface area contributed by atoms with E-state index in [4.69, 9.17) is 5.73 Å². The summed E-state index contributed by atoms with van der Waals surface area (Å²) in [5.74, 6) is 0.813. The Hall–Kier alpha value is -1.13. The van der Waals surface area contributed by atoms with Crippen molar-refractivity contribution in [2.24, 2.45) is 5.73 Å². The highest BCUT2D eigenvalue weighted by Gasteiger charge is 2.10. The third kappa shape index (κ3) is 1.26. The van der Waals surface area contributed by atoms with Gasteiger partial charge in [0, 0.05) is 12.4 Å². The summed E-state index contributed by atoms with van der Waals surface area (Å²) in [5, 5.41) is 4.05. The van der Waals surface area contributed by atoms with Crippen molar-refractivity contribution in [3.63, 3.8) is 0 Å². The van der Waals surface area contributed by atoms with Crippen LogP contribution in [0.3, 0.4) is 0 Å².